The van der Waals surface area contributed by atoms with E-state index in [-0.39, 0.29) is 17.6 Å². The molecule has 0 aromatic heterocycles. The summed E-state index contributed by atoms with van der Waals surface area (Å²) in [5.74, 6) is -0.335. The molecule has 1 heterocycles. The Morgan fingerprint density at radius 2 is 2.33 bits per heavy atom. The van der Waals surface area contributed by atoms with Gasteiger partial charge in [-0.05, 0) is 37.6 Å². The summed E-state index contributed by atoms with van der Waals surface area (Å²) in [5.41, 5.74) is 0.417. The number of piperidine rings is 1. The van der Waals surface area contributed by atoms with E-state index in [0.717, 1.165) is 19.4 Å². The third kappa shape index (κ3) is 3.07. The van der Waals surface area contributed by atoms with E-state index in [4.69, 9.17) is 4.74 Å². The van der Waals surface area contributed by atoms with Crippen LogP contribution in [0.1, 0.15) is 36.0 Å². The smallest absolute Gasteiger partial charge is 0.165 e. The molecule has 0 aliphatic carbocycles. The first-order valence-electron chi connectivity index (χ1n) is 6.31. The Balaban J connectivity index is 2.01. The van der Waals surface area contributed by atoms with Crippen molar-refractivity contribution in [3.8, 4) is 5.75 Å². The second-order valence-electron chi connectivity index (χ2n) is 4.62. The number of ketones is 1. The van der Waals surface area contributed by atoms with Gasteiger partial charge in [-0.3, -0.25) is 4.79 Å². The maximum Gasteiger partial charge on any atom is 0.165 e. The highest BCUT2D eigenvalue weighted by atomic mass is 19.1. The summed E-state index contributed by atoms with van der Waals surface area (Å²) in [7, 11) is 1.41. The number of hydrogen-bond donors (Lipinski definition) is 1. The molecule has 18 heavy (non-hydrogen) atoms. The van der Waals surface area contributed by atoms with Crippen LogP contribution in [0.2, 0.25) is 0 Å². The number of halogens is 1. The van der Waals surface area contributed by atoms with E-state index in [1.165, 1.54) is 25.7 Å². The first-order chi connectivity index (χ1) is 8.70. The molecule has 1 fully saturated rings. The number of benzene rings is 1. The zero-order valence-electron chi connectivity index (χ0n) is 10.5. The van der Waals surface area contributed by atoms with Gasteiger partial charge in [0.05, 0.1) is 7.11 Å². The minimum Gasteiger partial charge on any atom is -0.494 e. The predicted molar refractivity (Wildman–Crippen MR) is 67.5 cm³/mol. The number of ether oxygens (including phenoxy) is 1. The highest BCUT2D eigenvalue weighted by Crippen LogP contribution is 2.20. The van der Waals surface area contributed by atoms with Crippen LogP contribution in [-0.2, 0) is 0 Å². The molecule has 1 N–H and O–H groups in total. The lowest BCUT2D eigenvalue weighted by Crippen LogP contribution is -2.35. The van der Waals surface area contributed by atoms with Crippen molar-refractivity contribution in [3.63, 3.8) is 0 Å². The summed E-state index contributed by atoms with van der Waals surface area (Å²) in [6, 6.07) is 4.60. The van der Waals surface area contributed by atoms with Gasteiger partial charge in [0, 0.05) is 18.0 Å². The summed E-state index contributed by atoms with van der Waals surface area (Å²) in [6.45, 7) is 0.967. The topological polar surface area (TPSA) is 38.3 Å². The molecule has 1 unspecified atom stereocenters. The van der Waals surface area contributed by atoms with Crippen LogP contribution < -0.4 is 10.1 Å². The molecule has 0 radical (unpaired) electrons. The fourth-order valence-electron chi connectivity index (χ4n) is 2.28. The number of nitrogens with one attached hydrogen (secondary N) is 1. The summed E-state index contributed by atoms with van der Waals surface area (Å²) in [6.07, 6.45) is 3.78. The van der Waals surface area contributed by atoms with Crippen molar-refractivity contribution in [2.45, 2.75) is 31.7 Å². The normalized spacial score (nSPS) is 19.6. The van der Waals surface area contributed by atoms with Gasteiger partial charge in [-0.2, -0.15) is 0 Å². The predicted octanol–water partition coefficient (Wildman–Crippen LogP) is 2.55. The summed E-state index contributed by atoms with van der Waals surface area (Å²) >= 11 is 0. The number of carbonyl (C=O) groups excluding carboxylic acids is 1. The molecule has 0 bridgehead atoms. The molecule has 1 aliphatic heterocycles. The fourth-order valence-corrected chi connectivity index (χ4v) is 2.28. The fraction of sp³-hybridized carbons (Fsp3) is 0.500. The lowest BCUT2D eigenvalue weighted by Gasteiger charge is -2.22. The van der Waals surface area contributed by atoms with Crippen LogP contribution in [0.25, 0.3) is 0 Å². The van der Waals surface area contributed by atoms with Gasteiger partial charge >= 0.3 is 0 Å². The Morgan fingerprint density at radius 3 is 2.94 bits per heavy atom. The first-order valence-corrected chi connectivity index (χ1v) is 6.31. The van der Waals surface area contributed by atoms with E-state index in [0.29, 0.717) is 12.0 Å². The lowest BCUT2D eigenvalue weighted by atomic mass is 9.97. The molecular weight excluding hydrogens is 233 g/mol. The molecule has 2 rings (SSSR count). The molecule has 1 atom stereocenters. The third-order valence-corrected chi connectivity index (χ3v) is 3.32. The van der Waals surface area contributed by atoms with Crippen molar-refractivity contribution >= 4 is 5.78 Å². The van der Waals surface area contributed by atoms with Gasteiger partial charge in [-0.1, -0.05) is 6.42 Å². The van der Waals surface area contributed by atoms with Crippen LogP contribution in [0.5, 0.6) is 5.75 Å². The summed E-state index contributed by atoms with van der Waals surface area (Å²) < 4.78 is 18.3. The van der Waals surface area contributed by atoms with E-state index in [1.807, 2.05) is 0 Å². The molecule has 4 heteroatoms. The minimum absolute atomic E-state index is 0.0176. The van der Waals surface area contributed by atoms with Crippen LogP contribution >= 0.6 is 0 Å². The number of methoxy groups -OCH3 is 1. The van der Waals surface area contributed by atoms with Crippen LogP contribution in [0, 0.1) is 5.82 Å². The Hall–Kier alpha value is -1.42. The van der Waals surface area contributed by atoms with Crippen LogP contribution in [-0.4, -0.2) is 25.5 Å². The van der Waals surface area contributed by atoms with Crippen LogP contribution in [0.3, 0.4) is 0 Å². The molecule has 0 spiro atoms. The molecule has 1 saturated heterocycles. The average Bonchev–Trinajstić information content (AvgIpc) is 2.39. The van der Waals surface area contributed by atoms with E-state index in [9.17, 15) is 9.18 Å². The van der Waals surface area contributed by atoms with E-state index < -0.39 is 5.82 Å². The molecule has 98 valence electrons. The highest BCUT2D eigenvalue weighted by Gasteiger charge is 2.18. The third-order valence-electron chi connectivity index (χ3n) is 3.32. The molecule has 1 aliphatic rings. The molecule has 0 saturated carbocycles. The van der Waals surface area contributed by atoms with E-state index >= 15 is 0 Å². The SMILES string of the molecule is COc1ccc(C(=O)CC2CCCCN2)cc1F. The maximum absolute atomic E-state index is 13.5. The van der Waals surface area contributed by atoms with Gasteiger partial charge in [0.1, 0.15) is 0 Å². The molecular formula is C14H18FNO2. The monoisotopic (exact) mass is 251 g/mol. The van der Waals surface area contributed by atoms with E-state index in [2.05, 4.69) is 5.32 Å². The number of rotatable bonds is 4. The summed E-state index contributed by atoms with van der Waals surface area (Å²) in [4.78, 5) is 12.0. The van der Waals surface area contributed by atoms with Gasteiger partial charge in [0.2, 0.25) is 0 Å². The van der Waals surface area contributed by atoms with Crippen molar-refractivity contribution in [1.82, 2.24) is 5.32 Å². The second kappa shape index (κ2) is 5.96. The quantitative estimate of drug-likeness (QED) is 0.836. The standard InChI is InChI=1S/C14H18FNO2/c1-18-14-6-5-10(8-12(14)15)13(17)9-11-4-2-3-7-16-11/h5-6,8,11,16H,2-4,7,9H2,1H3. The summed E-state index contributed by atoms with van der Waals surface area (Å²) in [5, 5.41) is 3.32. The average molecular weight is 251 g/mol. The van der Waals surface area contributed by atoms with Crippen molar-refractivity contribution in [2.24, 2.45) is 0 Å². The maximum atomic E-state index is 13.5. The van der Waals surface area contributed by atoms with Crippen molar-refractivity contribution in [3.05, 3.63) is 29.6 Å². The zero-order valence-corrected chi connectivity index (χ0v) is 10.5. The minimum atomic E-state index is -0.486. The largest absolute Gasteiger partial charge is 0.494 e. The van der Waals surface area contributed by atoms with E-state index in [1.54, 1.807) is 6.07 Å². The Bertz CT molecular complexity index is 428. The Labute approximate surface area is 106 Å². The number of Topliss-reactive ketones (excluding diaryl/α,β-unsaturated/α-hetero) is 1. The molecule has 3 nitrogen and oxygen atoms in total. The Morgan fingerprint density at radius 1 is 1.50 bits per heavy atom. The zero-order chi connectivity index (χ0) is 13.0. The van der Waals surface area contributed by atoms with Gasteiger partial charge in [-0.25, -0.2) is 4.39 Å². The van der Waals surface area contributed by atoms with Crippen molar-refractivity contribution in [2.75, 3.05) is 13.7 Å². The van der Waals surface area contributed by atoms with Crippen molar-refractivity contribution < 1.29 is 13.9 Å². The first kappa shape index (κ1) is 13.0. The molecule has 0 amide bonds. The molecule has 1 aromatic rings. The van der Waals surface area contributed by atoms with Crippen LogP contribution in [0.15, 0.2) is 18.2 Å². The number of carbonyl (C=O) groups is 1. The van der Waals surface area contributed by atoms with Gasteiger partial charge in [0.25, 0.3) is 0 Å². The van der Waals surface area contributed by atoms with Gasteiger partial charge in [0.15, 0.2) is 17.3 Å². The second-order valence-corrected chi connectivity index (χ2v) is 4.62. The molecule has 1 aromatic carbocycles. The van der Waals surface area contributed by atoms with Crippen molar-refractivity contribution in [1.29, 1.82) is 0 Å². The van der Waals surface area contributed by atoms with Gasteiger partial charge < -0.3 is 10.1 Å². The lowest BCUT2D eigenvalue weighted by molar-refractivity contribution is 0.0963. The Kier molecular flexibility index (Phi) is 4.31. The van der Waals surface area contributed by atoms with Gasteiger partial charge in [-0.15, -0.1) is 0 Å². The van der Waals surface area contributed by atoms with Crippen LogP contribution in [0.4, 0.5) is 4.39 Å². The number of hydrogen-bond acceptors (Lipinski definition) is 3. The highest BCUT2D eigenvalue weighted by molar-refractivity contribution is 5.96.